The summed E-state index contributed by atoms with van der Waals surface area (Å²) in [5.41, 5.74) is 7.43. The summed E-state index contributed by atoms with van der Waals surface area (Å²) in [6.45, 7) is 6.65. The van der Waals surface area contributed by atoms with Crippen LogP contribution in [-0.4, -0.2) is 34.7 Å². The molecule has 0 bridgehead atoms. The monoisotopic (exact) mass is 749 g/mol. The van der Waals surface area contributed by atoms with Gasteiger partial charge in [-0.1, -0.05) is 151 Å². The summed E-state index contributed by atoms with van der Waals surface area (Å²) >= 11 is 14.2. The Morgan fingerprint density at radius 1 is 0.704 bits per heavy atom. The van der Waals surface area contributed by atoms with E-state index in [0.717, 1.165) is 62.5 Å². The van der Waals surface area contributed by atoms with Crippen LogP contribution in [0.1, 0.15) is 63.8 Å². The fourth-order valence-corrected chi connectivity index (χ4v) is 8.02. The number of nitrogens with zero attached hydrogens (tertiary/aromatic N) is 7. The number of halogens is 2. The number of pyridine rings is 1. The fourth-order valence-electron chi connectivity index (χ4n) is 7.40. The van der Waals surface area contributed by atoms with E-state index < -0.39 is 11.6 Å². The average molecular weight is 751 g/mol. The number of hydrogen-bond acceptors (Lipinski definition) is 6. The molecule has 0 amide bonds. The second kappa shape index (κ2) is 14.9. The Bertz CT molecular complexity index is 2420. The molecule has 0 aliphatic heterocycles. The van der Waals surface area contributed by atoms with E-state index in [4.69, 9.17) is 48.2 Å². The molecule has 0 saturated heterocycles. The number of imidazole rings is 1. The molecule has 1 atom stereocenters. The number of aryl methyl sites for hydroxylation is 3. The highest BCUT2D eigenvalue weighted by atomic mass is 35.5. The molecule has 8 nitrogen and oxygen atoms in total. The van der Waals surface area contributed by atoms with Gasteiger partial charge in [0.1, 0.15) is 16.9 Å². The summed E-state index contributed by atoms with van der Waals surface area (Å²) < 4.78 is 10.9. The van der Waals surface area contributed by atoms with Crippen LogP contribution in [0.2, 0.25) is 10.0 Å². The van der Waals surface area contributed by atoms with Crippen molar-refractivity contribution in [2.24, 2.45) is 0 Å². The molecule has 0 saturated carbocycles. The zero-order valence-electron chi connectivity index (χ0n) is 30.1. The van der Waals surface area contributed by atoms with Crippen LogP contribution in [0.3, 0.4) is 0 Å². The van der Waals surface area contributed by atoms with Crippen molar-refractivity contribution in [1.82, 2.24) is 34.7 Å². The van der Waals surface area contributed by atoms with Crippen LogP contribution in [0.25, 0.3) is 11.2 Å². The predicted molar refractivity (Wildman–Crippen MR) is 213 cm³/mol. The van der Waals surface area contributed by atoms with Crippen molar-refractivity contribution >= 4 is 34.4 Å². The van der Waals surface area contributed by atoms with Crippen LogP contribution >= 0.6 is 23.2 Å². The standard InChI is InChI=1S/C44H37Cl2N7O/c1-4-38-48-39-29(2)25-30(3)47-42(39)52(38)28-31-26-36(45)41(37(46)27-31)54-40(32-17-9-5-10-18-32)43-49-50-51-53(43)44(33-19-11-6-12-20-33,34-21-13-7-14-22-34)35-23-15-8-16-24-35/h5-27,40H,4,28H2,1-3H3. The minimum atomic E-state index is -0.980. The molecular formula is C44H37Cl2N7O. The van der Waals surface area contributed by atoms with Crippen molar-refractivity contribution in [1.29, 1.82) is 0 Å². The molecule has 0 N–H and O–H groups in total. The first-order valence-electron chi connectivity index (χ1n) is 17.9. The van der Waals surface area contributed by atoms with Crippen molar-refractivity contribution in [3.05, 3.63) is 200 Å². The first-order chi connectivity index (χ1) is 26.4. The van der Waals surface area contributed by atoms with E-state index >= 15 is 0 Å². The van der Waals surface area contributed by atoms with E-state index in [9.17, 15) is 0 Å². The highest BCUT2D eigenvalue weighted by molar-refractivity contribution is 6.37. The molecule has 0 fully saturated rings. The SMILES string of the molecule is CCc1nc2c(C)cc(C)nc2n1Cc1cc(Cl)c(OC(c2ccccc2)c2nnnn2C(c2ccccc2)(c2ccccc2)c2ccccc2)c(Cl)c1. The van der Waals surface area contributed by atoms with Crippen molar-refractivity contribution in [3.63, 3.8) is 0 Å². The second-order valence-corrected chi connectivity index (χ2v) is 14.1. The zero-order valence-corrected chi connectivity index (χ0v) is 31.6. The molecule has 0 spiro atoms. The number of fused-ring (bicyclic) bond motifs is 1. The lowest BCUT2D eigenvalue weighted by Gasteiger charge is -2.37. The minimum absolute atomic E-state index is 0.325. The van der Waals surface area contributed by atoms with Gasteiger partial charge >= 0.3 is 0 Å². The third-order valence-corrected chi connectivity index (χ3v) is 10.3. The molecular weight excluding hydrogens is 713 g/mol. The van der Waals surface area contributed by atoms with Gasteiger partial charge in [-0.05, 0) is 70.3 Å². The maximum atomic E-state index is 7.12. The largest absolute Gasteiger partial charge is 0.474 e. The lowest BCUT2D eigenvalue weighted by molar-refractivity contribution is 0.222. The van der Waals surface area contributed by atoms with Crippen molar-refractivity contribution in [2.75, 3.05) is 0 Å². The van der Waals surface area contributed by atoms with E-state index in [1.807, 2.05) is 109 Å². The maximum absolute atomic E-state index is 7.12. The molecule has 8 rings (SSSR count). The second-order valence-electron chi connectivity index (χ2n) is 13.3. The van der Waals surface area contributed by atoms with Crippen molar-refractivity contribution in [3.8, 4) is 5.75 Å². The summed E-state index contributed by atoms with van der Waals surface area (Å²) in [5, 5.41) is 14.5. The Balaban J connectivity index is 1.26. The zero-order chi connectivity index (χ0) is 37.2. The van der Waals surface area contributed by atoms with Gasteiger partial charge in [-0.2, -0.15) is 0 Å². The van der Waals surface area contributed by atoms with Crippen LogP contribution in [0.5, 0.6) is 5.75 Å². The van der Waals surface area contributed by atoms with Crippen molar-refractivity contribution in [2.45, 2.75) is 45.4 Å². The summed E-state index contributed by atoms with van der Waals surface area (Å²) in [4.78, 5) is 9.76. The molecule has 0 aliphatic carbocycles. The highest BCUT2D eigenvalue weighted by Crippen LogP contribution is 2.44. The van der Waals surface area contributed by atoms with E-state index in [1.54, 1.807) is 0 Å². The van der Waals surface area contributed by atoms with Gasteiger partial charge in [0.05, 0.1) is 16.6 Å². The quantitative estimate of drug-likeness (QED) is 0.123. The van der Waals surface area contributed by atoms with Gasteiger partial charge in [-0.25, -0.2) is 14.6 Å². The highest BCUT2D eigenvalue weighted by Gasteiger charge is 2.43. The Morgan fingerprint density at radius 3 is 1.78 bits per heavy atom. The minimum Gasteiger partial charge on any atom is -0.474 e. The van der Waals surface area contributed by atoms with Crippen LogP contribution in [0.15, 0.2) is 140 Å². The third kappa shape index (κ3) is 6.31. The van der Waals surface area contributed by atoms with Gasteiger partial charge in [-0.3, -0.25) is 0 Å². The molecule has 5 aromatic carbocycles. The molecule has 0 aliphatic rings. The van der Waals surface area contributed by atoms with Crippen LogP contribution in [0.4, 0.5) is 0 Å². The average Bonchev–Trinajstić information content (AvgIpc) is 3.82. The van der Waals surface area contributed by atoms with E-state index in [2.05, 4.69) is 66.1 Å². The summed E-state index contributed by atoms with van der Waals surface area (Å²) in [7, 11) is 0. The van der Waals surface area contributed by atoms with Gasteiger partial charge in [0.25, 0.3) is 0 Å². The van der Waals surface area contributed by atoms with E-state index in [0.29, 0.717) is 28.2 Å². The molecule has 10 heteroatoms. The van der Waals surface area contributed by atoms with Crippen molar-refractivity contribution < 1.29 is 4.74 Å². The lowest BCUT2D eigenvalue weighted by Crippen LogP contribution is -2.41. The number of rotatable bonds is 11. The van der Waals surface area contributed by atoms with Gasteiger partial charge in [-0.15, -0.1) is 5.10 Å². The van der Waals surface area contributed by atoms with Gasteiger partial charge in [0, 0.05) is 17.7 Å². The smallest absolute Gasteiger partial charge is 0.198 e. The summed E-state index contributed by atoms with van der Waals surface area (Å²) in [6.07, 6.45) is -0.0569. The summed E-state index contributed by atoms with van der Waals surface area (Å²) in [6, 6.07) is 46.5. The molecule has 0 radical (unpaired) electrons. The van der Waals surface area contributed by atoms with E-state index in [1.165, 1.54) is 0 Å². The topological polar surface area (TPSA) is 83.5 Å². The van der Waals surface area contributed by atoms with Gasteiger partial charge in [0.15, 0.2) is 23.3 Å². The Kier molecular flexibility index (Phi) is 9.71. The molecule has 3 heterocycles. The van der Waals surface area contributed by atoms with Gasteiger partial charge in [0.2, 0.25) is 0 Å². The number of benzene rings is 5. The molecule has 268 valence electrons. The molecule has 3 aromatic heterocycles. The van der Waals surface area contributed by atoms with E-state index in [-0.39, 0.29) is 0 Å². The van der Waals surface area contributed by atoms with Crippen LogP contribution in [0, 0.1) is 13.8 Å². The van der Waals surface area contributed by atoms with Crippen LogP contribution < -0.4 is 4.74 Å². The lowest BCUT2D eigenvalue weighted by atomic mass is 9.77. The molecule has 1 unspecified atom stereocenters. The number of aromatic nitrogens is 7. The normalized spacial score (nSPS) is 12.2. The Morgan fingerprint density at radius 2 is 1.24 bits per heavy atom. The maximum Gasteiger partial charge on any atom is 0.198 e. The van der Waals surface area contributed by atoms with Gasteiger partial charge < -0.3 is 9.30 Å². The number of tetrazole rings is 1. The predicted octanol–water partition coefficient (Wildman–Crippen LogP) is 9.96. The number of hydrogen-bond donors (Lipinski definition) is 0. The molecule has 8 aromatic rings. The molecule has 54 heavy (non-hydrogen) atoms. The Hall–Kier alpha value is -5.83. The Labute approximate surface area is 324 Å². The third-order valence-electron chi connectivity index (χ3n) is 9.77. The fraction of sp³-hybridized carbons (Fsp3) is 0.159. The first kappa shape index (κ1) is 35.2. The number of ether oxygens (including phenoxy) is 1. The summed E-state index contributed by atoms with van der Waals surface area (Å²) in [5.74, 6) is 1.72. The first-order valence-corrected chi connectivity index (χ1v) is 18.6. The van der Waals surface area contributed by atoms with Crippen LogP contribution in [-0.2, 0) is 18.5 Å².